The number of anilines is 2. The summed E-state index contributed by atoms with van der Waals surface area (Å²) in [5.41, 5.74) is 3.95. The number of hydrogen-bond acceptors (Lipinski definition) is 5. The molecule has 0 spiro atoms. The first-order valence-electron chi connectivity index (χ1n) is 10.9. The molecule has 0 saturated heterocycles. The topological polar surface area (TPSA) is 82.5 Å². The summed E-state index contributed by atoms with van der Waals surface area (Å²) < 4.78 is 14.2. The summed E-state index contributed by atoms with van der Waals surface area (Å²) in [6.07, 6.45) is 1.08. The van der Waals surface area contributed by atoms with E-state index >= 15 is 0 Å². The van der Waals surface area contributed by atoms with Gasteiger partial charge in [-0.15, -0.1) is 0 Å². The van der Waals surface area contributed by atoms with Gasteiger partial charge in [-0.3, -0.25) is 4.79 Å². The number of amides is 1. The second kappa shape index (κ2) is 10.0. The molecule has 1 unspecified atom stereocenters. The third-order valence-corrected chi connectivity index (χ3v) is 6.52. The molecule has 0 aliphatic rings. The number of likely N-dealkylation sites (N-methyl/N-ethyl adjacent to an activating group) is 1. The number of aromatic nitrogens is 1. The molecule has 2 N–H and O–H groups in total. The van der Waals surface area contributed by atoms with Crippen LogP contribution in [0.15, 0.2) is 66.7 Å². The number of hydrogen-bond donors (Lipinski definition) is 2. The summed E-state index contributed by atoms with van der Waals surface area (Å²) >= 11 is 1.39. The van der Waals surface area contributed by atoms with Gasteiger partial charge in [0.05, 0.1) is 10.2 Å². The molecular formula is C26H24FN3O3S. The van der Waals surface area contributed by atoms with Gasteiger partial charge in [0.1, 0.15) is 11.9 Å². The summed E-state index contributed by atoms with van der Waals surface area (Å²) in [6.45, 7) is 1.89. The van der Waals surface area contributed by atoms with Crippen molar-refractivity contribution < 1.29 is 19.1 Å². The van der Waals surface area contributed by atoms with E-state index in [0.717, 1.165) is 27.0 Å². The van der Waals surface area contributed by atoms with E-state index in [1.807, 2.05) is 43.3 Å². The van der Waals surface area contributed by atoms with Crippen molar-refractivity contribution in [3.63, 3.8) is 0 Å². The number of thiazole rings is 1. The summed E-state index contributed by atoms with van der Waals surface area (Å²) in [4.78, 5) is 30.0. The van der Waals surface area contributed by atoms with Crippen LogP contribution in [0.3, 0.4) is 0 Å². The summed E-state index contributed by atoms with van der Waals surface area (Å²) in [7, 11) is 1.53. The zero-order valence-corrected chi connectivity index (χ0v) is 19.6. The quantitative estimate of drug-likeness (QED) is 0.317. The number of carbonyl (C=O) groups is 2. The van der Waals surface area contributed by atoms with E-state index in [0.29, 0.717) is 23.5 Å². The van der Waals surface area contributed by atoms with Crippen LogP contribution >= 0.6 is 11.3 Å². The highest BCUT2D eigenvalue weighted by molar-refractivity contribution is 7.22. The second-order valence-electron chi connectivity index (χ2n) is 7.97. The van der Waals surface area contributed by atoms with E-state index in [1.54, 1.807) is 18.2 Å². The van der Waals surface area contributed by atoms with Gasteiger partial charge in [0.15, 0.2) is 5.13 Å². The minimum absolute atomic E-state index is 0.283. The molecule has 0 bridgehead atoms. The van der Waals surface area contributed by atoms with E-state index in [1.165, 1.54) is 35.4 Å². The van der Waals surface area contributed by atoms with Gasteiger partial charge in [0.2, 0.25) is 0 Å². The van der Waals surface area contributed by atoms with Gasteiger partial charge in [0, 0.05) is 18.3 Å². The molecule has 0 fully saturated rings. The van der Waals surface area contributed by atoms with Gasteiger partial charge < -0.3 is 15.3 Å². The second-order valence-corrected chi connectivity index (χ2v) is 9.00. The number of carboxylic acids is 1. The molecule has 0 aliphatic heterocycles. The van der Waals surface area contributed by atoms with Crippen molar-refractivity contribution in [2.24, 2.45) is 0 Å². The Balaban J connectivity index is 1.45. The van der Waals surface area contributed by atoms with Crippen molar-refractivity contribution in [1.29, 1.82) is 0 Å². The maximum absolute atomic E-state index is 13.4. The van der Waals surface area contributed by atoms with E-state index in [9.17, 15) is 19.1 Å². The molecule has 1 aromatic heterocycles. The number of carbonyl (C=O) groups excluding carboxylic acids is 1. The molecule has 0 aliphatic carbocycles. The molecule has 8 heteroatoms. The average Bonchev–Trinajstić information content (AvgIpc) is 3.23. The summed E-state index contributed by atoms with van der Waals surface area (Å²) in [5, 5.41) is 13.3. The number of carboxylic acid groups (broad SMARTS) is 1. The molecule has 4 rings (SSSR count). The van der Waals surface area contributed by atoms with Gasteiger partial charge >= 0.3 is 5.97 Å². The lowest BCUT2D eigenvalue weighted by Gasteiger charge is -2.24. The highest BCUT2D eigenvalue weighted by Gasteiger charge is 2.26. The Morgan fingerprint density at radius 1 is 1.06 bits per heavy atom. The highest BCUT2D eigenvalue weighted by Crippen LogP contribution is 2.30. The fourth-order valence-corrected chi connectivity index (χ4v) is 4.64. The molecule has 1 heterocycles. The largest absolute Gasteiger partial charge is 0.480 e. The lowest BCUT2D eigenvalue weighted by atomic mass is 10.0. The highest BCUT2D eigenvalue weighted by atomic mass is 32.1. The SMILES string of the molecule is CCCC(C(=O)O)N(C)C(=O)c1ccc(-c2ccc(Nc3nc4ccc(F)cc4s3)cc2)cc1. The zero-order chi connectivity index (χ0) is 24.2. The molecule has 1 atom stereocenters. The molecule has 0 saturated carbocycles. The Kier molecular flexibility index (Phi) is 6.88. The van der Waals surface area contributed by atoms with Gasteiger partial charge in [-0.2, -0.15) is 0 Å². The molecule has 34 heavy (non-hydrogen) atoms. The van der Waals surface area contributed by atoms with E-state index in [4.69, 9.17) is 0 Å². The van der Waals surface area contributed by atoms with Crippen LogP contribution in [0.5, 0.6) is 0 Å². The Morgan fingerprint density at radius 2 is 1.71 bits per heavy atom. The van der Waals surface area contributed by atoms with Gasteiger partial charge in [-0.05, 0) is 60.0 Å². The van der Waals surface area contributed by atoms with E-state index < -0.39 is 12.0 Å². The van der Waals surface area contributed by atoms with Crippen molar-refractivity contribution in [2.45, 2.75) is 25.8 Å². The number of fused-ring (bicyclic) bond motifs is 1. The molecule has 4 aromatic rings. The van der Waals surface area contributed by atoms with E-state index in [-0.39, 0.29) is 11.7 Å². The van der Waals surface area contributed by atoms with Crippen molar-refractivity contribution >= 4 is 44.2 Å². The van der Waals surface area contributed by atoms with E-state index in [2.05, 4.69) is 10.3 Å². The molecule has 0 radical (unpaired) electrons. The van der Waals surface area contributed by atoms with Crippen LogP contribution in [0.25, 0.3) is 21.3 Å². The minimum Gasteiger partial charge on any atom is -0.480 e. The van der Waals surface area contributed by atoms with Gasteiger partial charge in [0.25, 0.3) is 5.91 Å². The predicted molar refractivity (Wildman–Crippen MR) is 133 cm³/mol. The summed E-state index contributed by atoms with van der Waals surface area (Å²) in [6, 6.07) is 18.6. The van der Waals surface area contributed by atoms with Crippen molar-refractivity contribution in [2.75, 3.05) is 12.4 Å². The van der Waals surface area contributed by atoms with Crippen LogP contribution in [0.4, 0.5) is 15.2 Å². The normalized spacial score (nSPS) is 11.9. The average molecular weight is 478 g/mol. The maximum Gasteiger partial charge on any atom is 0.326 e. The Hall–Kier alpha value is -3.78. The smallest absolute Gasteiger partial charge is 0.326 e. The van der Waals surface area contributed by atoms with Crippen LogP contribution in [-0.2, 0) is 4.79 Å². The van der Waals surface area contributed by atoms with Gasteiger partial charge in [-0.1, -0.05) is 48.9 Å². The summed E-state index contributed by atoms with van der Waals surface area (Å²) in [5.74, 6) is -1.60. The zero-order valence-electron chi connectivity index (χ0n) is 18.8. The third kappa shape index (κ3) is 5.07. The first kappa shape index (κ1) is 23.4. The third-order valence-electron chi connectivity index (χ3n) is 5.59. The first-order chi connectivity index (χ1) is 16.4. The van der Waals surface area contributed by atoms with Crippen molar-refractivity contribution in [3.05, 3.63) is 78.1 Å². The maximum atomic E-state index is 13.4. The number of halogens is 1. The Labute approximate surface area is 200 Å². The number of nitrogens with zero attached hydrogens (tertiary/aromatic N) is 2. The fourth-order valence-electron chi connectivity index (χ4n) is 3.73. The molecule has 1 amide bonds. The molecule has 174 valence electrons. The lowest BCUT2D eigenvalue weighted by molar-refractivity contribution is -0.142. The molecule has 6 nitrogen and oxygen atoms in total. The number of rotatable bonds is 8. The number of benzene rings is 3. The Bertz CT molecular complexity index is 1320. The van der Waals surface area contributed by atoms with Crippen LogP contribution in [0, 0.1) is 5.82 Å². The Morgan fingerprint density at radius 3 is 2.32 bits per heavy atom. The van der Waals surface area contributed by atoms with Gasteiger partial charge in [-0.25, -0.2) is 14.2 Å². The first-order valence-corrected chi connectivity index (χ1v) is 11.7. The van der Waals surface area contributed by atoms with Crippen LogP contribution in [-0.4, -0.2) is 40.0 Å². The predicted octanol–water partition coefficient (Wildman–Crippen LogP) is 6.17. The number of nitrogens with one attached hydrogen (secondary N) is 1. The van der Waals surface area contributed by atoms with Crippen molar-refractivity contribution in [1.82, 2.24) is 9.88 Å². The minimum atomic E-state index is -0.999. The van der Waals surface area contributed by atoms with Crippen LogP contribution in [0.2, 0.25) is 0 Å². The molecule has 3 aromatic carbocycles. The molecular weight excluding hydrogens is 453 g/mol. The monoisotopic (exact) mass is 477 g/mol. The van der Waals surface area contributed by atoms with Crippen molar-refractivity contribution in [3.8, 4) is 11.1 Å². The lowest BCUT2D eigenvalue weighted by Crippen LogP contribution is -2.42. The van der Waals surface area contributed by atoms with Crippen LogP contribution in [0.1, 0.15) is 30.1 Å². The standard InChI is InChI=1S/C26H24FN3O3S/c1-3-4-22(25(32)33)30(2)24(31)18-7-5-16(6-8-18)17-9-12-20(13-10-17)28-26-29-21-14-11-19(27)15-23(21)34-26/h5-15,22H,3-4H2,1-2H3,(H,28,29)(H,32,33). The fraction of sp³-hybridized carbons (Fsp3) is 0.192. The van der Waals surface area contributed by atoms with Crippen LogP contribution < -0.4 is 5.32 Å². The number of aliphatic carboxylic acids is 1.